The molecular weight excluding hydrogens is 488 g/mol. The minimum atomic E-state index is -0.123. The normalized spacial score (nSPS) is 11.6. The van der Waals surface area contributed by atoms with Gasteiger partial charge in [0.15, 0.2) is 10.8 Å². The van der Waals surface area contributed by atoms with Crippen molar-refractivity contribution in [1.29, 1.82) is 0 Å². The van der Waals surface area contributed by atoms with Gasteiger partial charge in [-0.25, -0.2) is 19.6 Å². The predicted molar refractivity (Wildman–Crippen MR) is 146 cm³/mol. The number of anilines is 1. The molecule has 0 bridgehead atoms. The number of para-hydroxylation sites is 1. The van der Waals surface area contributed by atoms with Crippen LogP contribution in [0.5, 0.6) is 0 Å². The second-order valence-electron chi connectivity index (χ2n) is 9.36. The summed E-state index contributed by atoms with van der Waals surface area (Å²) in [5.41, 5.74) is 3.67. The van der Waals surface area contributed by atoms with E-state index in [0.29, 0.717) is 17.4 Å². The lowest BCUT2D eigenvalue weighted by molar-refractivity contribution is -0.113. The van der Waals surface area contributed by atoms with Gasteiger partial charge in [0.1, 0.15) is 10.9 Å². The third-order valence-electron chi connectivity index (χ3n) is 5.50. The number of fused-ring (bicyclic) bond motifs is 1. The largest absolute Gasteiger partial charge is 0.301 e. The Labute approximate surface area is 218 Å². The highest BCUT2D eigenvalue weighted by molar-refractivity contribution is 8.00. The summed E-state index contributed by atoms with van der Waals surface area (Å²) in [5.74, 6) is 0.767. The molecule has 0 spiro atoms. The first kappa shape index (κ1) is 24.1. The van der Waals surface area contributed by atoms with Gasteiger partial charge in [-0.15, -0.1) is 11.3 Å². The van der Waals surface area contributed by atoms with E-state index < -0.39 is 0 Å². The maximum atomic E-state index is 12.8. The molecule has 182 valence electrons. The van der Waals surface area contributed by atoms with E-state index in [0.717, 1.165) is 33.0 Å². The van der Waals surface area contributed by atoms with E-state index in [1.54, 1.807) is 6.20 Å². The van der Waals surface area contributed by atoms with Gasteiger partial charge in [-0.2, -0.15) is 5.10 Å². The van der Waals surface area contributed by atoms with Gasteiger partial charge < -0.3 is 5.32 Å². The summed E-state index contributed by atoms with van der Waals surface area (Å²) in [5, 5.41) is 11.7. The molecule has 7 nitrogen and oxygen atoms in total. The number of thioether (sulfide) groups is 1. The highest BCUT2D eigenvalue weighted by atomic mass is 32.2. The molecule has 0 saturated carbocycles. The van der Waals surface area contributed by atoms with Gasteiger partial charge in [-0.3, -0.25) is 4.79 Å². The van der Waals surface area contributed by atoms with Gasteiger partial charge in [0.25, 0.3) is 0 Å². The van der Waals surface area contributed by atoms with Crippen LogP contribution in [0.15, 0.2) is 77.3 Å². The lowest BCUT2D eigenvalue weighted by Gasteiger charge is -2.14. The van der Waals surface area contributed by atoms with Crippen molar-refractivity contribution in [3.05, 3.63) is 89.3 Å². The molecule has 0 aliphatic carbocycles. The molecule has 1 N–H and O–H groups in total. The summed E-state index contributed by atoms with van der Waals surface area (Å²) in [6.45, 7) is 6.31. The van der Waals surface area contributed by atoms with E-state index in [2.05, 4.69) is 48.3 Å². The number of hydrogen-bond acceptors (Lipinski definition) is 7. The van der Waals surface area contributed by atoms with Gasteiger partial charge in [0.05, 0.1) is 28.7 Å². The Bertz CT molecular complexity index is 1490. The molecule has 0 saturated heterocycles. The van der Waals surface area contributed by atoms with Crippen LogP contribution in [0.4, 0.5) is 5.13 Å². The highest BCUT2D eigenvalue weighted by Crippen LogP contribution is 2.29. The second-order valence-corrected chi connectivity index (χ2v) is 11.2. The lowest BCUT2D eigenvalue weighted by atomic mass is 9.93. The van der Waals surface area contributed by atoms with Gasteiger partial charge >= 0.3 is 0 Å². The summed E-state index contributed by atoms with van der Waals surface area (Å²) in [7, 11) is 0. The minimum absolute atomic E-state index is 0.0607. The molecule has 36 heavy (non-hydrogen) atoms. The molecule has 5 aromatic rings. The van der Waals surface area contributed by atoms with Crippen molar-refractivity contribution < 1.29 is 4.79 Å². The maximum Gasteiger partial charge on any atom is 0.236 e. The number of thiazole rings is 1. The number of hydrogen-bond donors (Lipinski definition) is 1. The smallest absolute Gasteiger partial charge is 0.236 e. The zero-order valence-corrected chi connectivity index (χ0v) is 21.9. The average molecular weight is 515 g/mol. The Kier molecular flexibility index (Phi) is 6.84. The number of nitrogens with one attached hydrogen (secondary N) is 1. The van der Waals surface area contributed by atoms with Crippen molar-refractivity contribution in [2.75, 3.05) is 11.1 Å². The molecule has 0 radical (unpaired) electrons. The van der Waals surface area contributed by atoms with Gasteiger partial charge in [0.2, 0.25) is 5.91 Å². The zero-order valence-electron chi connectivity index (χ0n) is 20.3. The molecule has 2 aromatic carbocycles. The van der Waals surface area contributed by atoms with Gasteiger partial charge in [0, 0.05) is 17.2 Å². The summed E-state index contributed by atoms with van der Waals surface area (Å²) in [4.78, 5) is 27.0. The van der Waals surface area contributed by atoms with E-state index in [9.17, 15) is 4.79 Å². The Morgan fingerprint density at radius 3 is 2.42 bits per heavy atom. The van der Waals surface area contributed by atoms with Crippen LogP contribution in [-0.4, -0.2) is 36.4 Å². The van der Waals surface area contributed by atoms with Crippen LogP contribution in [0.2, 0.25) is 0 Å². The van der Waals surface area contributed by atoms with Crippen LogP contribution in [0, 0.1) is 0 Å². The van der Waals surface area contributed by atoms with E-state index in [4.69, 9.17) is 9.97 Å². The van der Waals surface area contributed by atoms with Gasteiger partial charge in [-0.1, -0.05) is 81.1 Å². The first-order valence-electron chi connectivity index (χ1n) is 11.6. The number of nitrogens with zero attached hydrogens (tertiary/aromatic N) is 5. The Morgan fingerprint density at radius 2 is 1.72 bits per heavy atom. The van der Waals surface area contributed by atoms with Crippen molar-refractivity contribution >= 4 is 45.2 Å². The number of rotatable bonds is 7. The minimum Gasteiger partial charge on any atom is -0.301 e. The third kappa shape index (κ3) is 5.47. The summed E-state index contributed by atoms with van der Waals surface area (Å²) in [6.07, 6.45) is 2.36. The van der Waals surface area contributed by atoms with E-state index in [1.165, 1.54) is 23.1 Å². The molecule has 3 heterocycles. The molecule has 9 heteroatoms. The zero-order chi connectivity index (χ0) is 25.1. The molecule has 0 aliphatic heterocycles. The molecule has 0 fully saturated rings. The van der Waals surface area contributed by atoms with Crippen molar-refractivity contribution in [1.82, 2.24) is 24.7 Å². The summed E-state index contributed by atoms with van der Waals surface area (Å²) < 4.78 is 1.82. The quantitative estimate of drug-likeness (QED) is 0.215. The fourth-order valence-corrected chi connectivity index (χ4v) is 5.38. The number of amides is 1. The molecule has 5 rings (SSSR count). The predicted octanol–water partition coefficient (Wildman–Crippen LogP) is 5.89. The van der Waals surface area contributed by atoms with Crippen molar-refractivity contribution in [2.24, 2.45) is 0 Å². The molecule has 1 amide bonds. The molecule has 0 aliphatic rings. The number of carbonyl (C=O) groups is 1. The summed E-state index contributed by atoms with van der Waals surface area (Å²) in [6, 6.07) is 20.0. The van der Waals surface area contributed by atoms with E-state index in [-0.39, 0.29) is 17.1 Å². The van der Waals surface area contributed by atoms with E-state index >= 15 is 0 Å². The van der Waals surface area contributed by atoms with Crippen molar-refractivity contribution in [3.8, 4) is 5.69 Å². The average Bonchev–Trinajstić information content (AvgIpc) is 3.51. The lowest BCUT2D eigenvalue weighted by Crippen LogP contribution is -2.15. The first-order chi connectivity index (χ1) is 17.4. The van der Waals surface area contributed by atoms with Crippen LogP contribution in [0.1, 0.15) is 37.9 Å². The monoisotopic (exact) mass is 514 g/mol. The van der Waals surface area contributed by atoms with Crippen LogP contribution in [0.25, 0.3) is 16.7 Å². The Balaban J connectivity index is 1.41. The van der Waals surface area contributed by atoms with Gasteiger partial charge in [-0.05, 0) is 17.7 Å². The SMILES string of the molecule is CC(C)(C)c1csc(NC(=O)CSc2nc(Cc3ccccc3)nc3c2cnn3-c2ccccc2)n1. The topological polar surface area (TPSA) is 85.6 Å². The molecule has 3 aromatic heterocycles. The summed E-state index contributed by atoms with van der Waals surface area (Å²) >= 11 is 2.83. The van der Waals surface area contributed by atoms with Crippen LogP contribution in [-0.2, 0) is 16.6 Å². The molecule has 0 atom stereocenters. The first-order valence-corrected chi connectivity index (χ1v) is 13.5. The number of benzene rings is 2. The van der Waals surface area contributed by atoms with E-state index in [1.807, 2.05) is 58.6 Å². The van der Waals surface area contributed by atoms with Crippen LogP contribution in [0.3, 0.4) is 0 Å². The highest BCUT2D eigenvalue weighted by Gasteiger charge is 2.19. The number of aromatic nitrogens is 5. The second kappa shape index (κ2) is 10.2. The molecule has 0 unspecified atom stereocenters. The van der Waals surface area contributed by atoms with Crippen LogP contribution >= 0.6 is 23.1 Å². The third-order valence-corrected chi connectivity index (χ3v) is 7.25. The standard InChI is InChI=1S/C27H26N6OS2/c1-27(2,3)21-16-36-26(29-21)32-23(34)17-35-25-20-15-28-33(19-12-8-5-9-13-19)24(20)30-22(31-25)14-18-10-6-4-7-11-18/h4-13,15-16H,14,17H2,1-3H3,(H,29,32,34). The maximum absolute atomic E-state index is 12.8. The molecular formula is C27H26N6OS2. The van der Waals surface area contributed by atoms with Crippen molar-refractivity contribution in [3.63, 3.8) is 0 Å². The Morgan fingerprint density at radius 1 is 1.00 bits per heavy atom. The number of carbonyl (C=O) groups excluding carboxylic acids is 1. The van der Waals surface area contributed by atoms with Crippen LogP contribution < -0.4 is 5.32 Å². The fraction of sp³-hybridized carbons (Fsp3) is 0.222. The fourth-order valence-electron chi connectivity index (χ4n) is 3.62. The van der Waals surface area contributed by atoms with Crippen molar-refractivity contribution in [2.45, 2.75) is 37.6 Å². The Hall–Kier alpha value is -3.56.